The second kappa shape index (κ2) is 13.5. The molecule has 1 aliphatic carbocycles. The molecule has 2 aliphatic heterocycles. The van der Waals surface area contributed by atoms with E-state index in [1.165, 1.54) is 0 Å². The Balaban J connectivity index is 1.00. The molecule has 0 saturated carbocycles. The minimum absolute atomic E-state index is 0.0443. The van der Waals surface area contributed by atoms with E-state index in [4.69, 9.17) is 26.0 Å². The van der Waals surface area contributed by atoms with Crippen molar-refractivity contribution in [1.82, 2.24) is 24.8 Å². The first-order valence-corrected chi connectivity index (χ1v) is 18.5. The number of aliphatic hydroxyl groups excluding tert-OH is 1. The Morgan fingerprint density at radius 3 is 2.68 bits per heavy atom. The van der Waals surface area contributed by atoms with E-state index in [0.29, 0.717) is 60.0 Å². The van der Waals surface area contributed by atoms with Crippen LogP contribution in [0.15, 0.2) is 71.4 Å². The summed E-state index contributed by atoms with van der Waals surface area (Å²) in [7, 11) is 0. The molecule has 0 amide bonds. The van der Waals surface area contributed by atoms with E-state index in [-0.39, 0.29) is 23.6 Å². The number of likely N-dealkylation sites (tertiary alicyclic amines) is 2. The molecule has 12 heteroatoms. The number of fused-ring (bicyclic) bond motifs is 3. The number of benzene rings is 3. The van der Waals surface area contributed by atoms with Gasteiger partial charge in [-0.3, -0.25) is 19.6 Å². The number of aromatic nitrogens is 3. The normalized spacial score (nSPS) is 20.5. The largest absolute Gasteiger partial charge is 0.481 e. The Hall–Kier alpha value is -4.94. The monoisotopic (exact) mass is 732 g/mol. The Kier molecular flexibility index (Phi) is 8.61. The molecule has 0 spiro atoms. The van der Waals surface area contributed by atoms with E-state index >= 15 is 4.39 Å². The lowest BCUT2D eigenvalue weighted by Gasteiger charge is -2.24. The number of pyridine rings is 2. The summed E-state index contributed by atoms with van der Waals surface area (Å²) >= 11 is 7.13. The van der Waals surface area contributed by atoms with Crippen molar-refractivity contribution >= 4 is 51.1 Å². The molecular weight excluding hydrogens is 695 g/mol. The number of carbonyl (C=O) groups is 1. The van der Waals surface area contributed by atoms with Gasteiger partial charge in [-0.25, -0.2) is 14.4 Å². The van der Waals surface area contributed by atoms with E-state index in [2.05, 4.69) is 26.2 Å². The summed E-state index contributed by atoms with van der Waals surface area (Å²) in [4.78, 5) is 30.1. The molecule has 53 heavy (non-hydrogen) atoms. The molecule has 3 aromatic carbocycles. The van der Waals surface area contributed by atoms with Crippen LogP contribution in [0.3, 0.4) is 0 Å². The Labute approximate surface area is 310 Å². The maximum atomic E-state index is 16.0. The number of halogens is 2. The molecule has 5 heterocycles. The highest BCUT2D eigenvalue weighted by Crippen LogP contribution is 2.44. The van der Waals surface area contributed by atoms with Gasteiger partial charge in [0.15, 0.2) is 17.2 Å². The summed E-state index contributed by atoms with van der Waals surface area (Å²) in [6, 6.07) is 17.6. The van der Waals surface area contributed by atoms with Gasteiger partial charge in [-0.2, -0.15) is 0 Å². The van der Waals surface area contributed by atoms with Gasteiger partial charge in [-0.05, 0) is 97.3 Å². The first kappa shape index (κ1) is 33.9. The number of nitrogens with zero attached hydrogens (tertiary/aromatic N) is 5. The van der Waals surface area contributed by atoms with E-state index < -0.39 is 17.7 Å². The molecule has 3 aromatic heterocycles. The minimum Gasteiger partial charge on any atom is -0.481 e. The predicted octanol–water partition coefficient (Wildman–Crippen LogP) is 7.91. The minimum atomic E-state index is -0.782. The first-order valence-electron chi connectivity index (χ1n) is 18.1. The zero-order valence-electron chi connectivity index (χ0n) is 29.1. The van der Waals surface area contributed by atoms with Crippen LogP contribution in [0.4, 0.5) is 15.9 Å². The van der Waals surface area contributed by atoms with Crippen molar-refractivity contribution in [2.45, 2.75) is 51.3 Å². The van der Waals surface area contributed by atoms with Gasteiger partial charge < -0.3 is 19.9 Å². The second-order valence-electron chi connectivity index (χ2n) is 14.5. The molecule has 3 aliphatic rings. The SMILES string of the molecule is Cc1c(Nc2nccc3cc(CN4CC[C@@H](O)C4)cnc23)cccc1-c1cccc(-c2nc3cc4c(c(F)c3o2)CC[C@H]4N2CC[C@@H](C(=O)O)C2)c1Cl. The predicted molar refractivity (Wildman–Crippen MR) is 202 cm³/mol. The van der Waals surface area contributed by atoms with E-state index in [9.17, 15) is 15.0 Å². The third kappa shape index (κ3) is 6.11. The number of hydrogen-bond acceptors (Lipinski definition) is 9. The molecule has 0 unspecified atom stereocenters. The zero-order valence-corrected chi connectivity index (χ0v) is 29.9. The highest BCUT2D eigenvalue weighted by atomic mass is 35.5. The third-order valence-corrected chi connectivity index (χ3v) is 11.6. The second-order valence-corrected chi connectivity index (χ2v) is 14.9. The molecule has 0 bridgehead atoms. The topological polar surface area (TPSA) is 128 Å². The average Bonchev–Trinajstić information content (AvgIpc) is 3.97. The van der Waals surface area contributed by atoms with Crippen molar-refractivity contribution in [2.75, 3.05) is 31.5 Å². The summed E-state index contributed by atoms with van der Waals surface area (Å²) in [5.74, 6) is -0.719. The zero-order chi connectivity index (χ0) is 36.4. The average molecular weight is 733 g/mol. The van der Waals surface area contributed by atoms with Crippen molar-refractivity contribution in [1.29, 1.82) is 0 Å². The van der Waals surface area contributed by atoms with Crippen LogP contribution in [0.2, 0.25) is 5.02 Å². The lowest BCUT2D eigenvalue weighted by Crippen LogP contribution is -2.26. The summed E-state index contributed by atoms with van der Waals surface area (Å²) < 4.78 is 22.1. The number of aliphatic carboxylic acids is 1. The van der Waals surface area contributed by atoms with Crippen LogP contribution in [0, 0.1) is 18.7 Å². The van der Waals surface area contributed by atoms with Gasteiger partial charge in [0, 0.05) is 61.3 Å². The van der Waals surface area contributed by atoms with Gasteiger partial charge in [-0.1, -0.05) is 35.9 Å². The van der Waals surface area contributed by atoms with E-state index in [1.54, 1.807) is 6.20 Å². The number of nitrogens with one attached hydrogen (secondary N) is 1. The summed E-state index contributed by atoms with van der Waals surface area (Å²) in [6.45, 7) is 5.45. The van der Waals surface area contributed by atoms with Crippen LogP contribution in [-0.2, 0) is 17.8 Å². The van der Waals surface area contributed by atoms with Crippen molar-refractivity contribution in [3.05, 3.63) is 100 Å². The van der Waals surface area contributed by atoms with Crippen LogP contribution in [0.5, 0.6) is 0 Å². The van der Waals surface area contributed by atoms with Crippen molar-refractivity contribution in [3.8, 4) is 22.6 Å². The molecule has 0 radical (unpaired) electrons. The molecule has 270 valence electrons. The molecular formula is C41H38ClFN6O4. The number of rotatable bonds is 8. The standard InChI is InChI=1S/C41H38ClFN6O4/c1-22-27(4-3-7-32(22)46-39-37-24(10-13-44-39)16-23(18-45-37)19-48-14-12-26(50)21-48)28-5-2-6-30(35(28)42)40-47-33-17-31-29(36(43)38(33)53-40)8-9-34(31)49-15-11-25(20-49)41(51)52/h2-7,10,13,16-18,25-26,34,50H,8-9,11-12,14-15,19-21H2,1H3,(H,44,46)(H,51,52)/t25-,26-,34-/m1/s1. The number of anilines is 2. The molecule has 6 aromatic rings. The number of hydrogen-bond donors (Lipinski definition) is 3. The Morgan fingerprint density at radius 1 is 1.04 bits per heavy atom. The quantitative estimate of drug-likeness (QED) is 0.142. The highest BCUT2D eigenvalue weighted by molar-refractivity contribution is 6.36. The summed E-state index contributed by atoms with van der Waals surface area (Å²) in [5, 5.41) is 24.4. The van der Waals surface area contributed by atoms with Gasteiger partial charge in [0.1, 0.15) is 11.0 Å². The van der Waals surface area contributed by atoms with E-state index in [1.807, 2.05) is 61.7 Å². The number of β-amino-alcohol motifs (C(OH)–C–C–N with tert-alkyl or cyclic N) is 1. The number of carboxylic acids is 1. The lowest BCUT2D eigenvalue weighted by atomic mass is 9.97. The fourth-order valence-electron chi connectivity index (χ4n) is 8.43. The van der Waals surface area contributed by atoms with Gasteiger partial charge >= 0.3 is 5.97 Å². The molecule has 3 atom stereocenters. The molecule has 2 fully saturated rings. The van der Waals surface area contributed by atoms with E-state index in [0.717, 1.165) is 70.3 Å². The smallest absolute Gasteiger partial charge is 0.307 e. The third-order valence-electron chi connectivity index (χ3n) is 11.2. The van der Waals surface area contributed by atoms with Crippen LogP contribution in [-0.4, -0.2) is 73.2 Å². The van der Waals surface area contributed by atoms with Gasteiger partial charge in [-0.15, -0.1) is 0 Å². The fraction of sp³-hybridized carbons (Fsp3) is 0.317. The Bertz CT molecular complexity index is 2420. The molecule has 3 N–H and O–H groups in total. The maximum Gasteiger partial charge on any atom is 0.307 e. The fourth-order valence-corrected chi connectivity index (χ4v) is 8.74. The number of carboxylic acid groups (broad SMARTS) is 1. The molecule has 9 rings (SSSR count). The van der Waals surface area contributed by atoms with Crippen molar-refractivity contribution in [2.24, 2.45) is 5.92 Å². The van der Waals surface area contributed by atoms with Crippen LogP contribution in [0.25, 0.3) is 44.6 Å². The Morgan fingerprint density at radius 2 is 1.87 bits per heavy atom. The van der Waals surface area contributed by atoms with Crippen LogP contribution >= 0.6 is 11.6 Å². The molecule has 2 saturated heterocycles. The lowest BCUT2D eigenvalue weighted by molar-refractivity contribution is -0.141. The van der Waals surface area contributed by atoms with Crippen molar-refractivity contribution in [3.63, 3.8) is 0 Å². The number of oxazole rings is 1. The van der Waals surface area contributed by atoms with Gasteiger partial charge in [0.05, 0.1) is 22.6 Å². The first-order chi connectivity index (χ1) is 25.7. The van der Waals surface area contributed by atoms with Crippen LogP contribution in [0.1, 0.15) is 47.6 Å². The van der Waals surface area contributed by atoms with Crippen LogP contribution < -0.4 is 5.32 Å². The van der Waals surface area contributed by atoms with Crippen molar-refractivity contribution < 1.29 is 23.8 Å². The molecule has 10 nitrogen and oxygen atoms in total. The summed E-state index contributed by atoms with van der Waals surface area (Å²) in [5.41, 5.74) is 7.87. The highest BCUT2D eigenvalue weighted by Gasteiger charge is 2.38. The van der Waals surface area contributed by atoms with Gasteiger partial charge in [0.2, 0.25) is 5.89 Å². The number of aliphatic hydroxyl groups is 1. The maximum absolute atomic E-state index is 16.0. The van der Waals surface area contributed by atoms with Gasteiger partial charge in [0.25, 0.3) is 0 Å². The summed E-state index contributed by atoms with van der Waals surface area (Å²) in [6.07, 6.45) is 6.07.